The topological polar surface area (TPSA) is 143 Å². The Balaban J connectivity index is 0.880. The van der Waals surface area contributed by atoms with Crippen molar-refractivity contribution in [2.24, 2.45) is 0 Å². The SMILES string of the molecule is COc1cccc(CC(=O)N2CCC[C@H]2CC(=O)Nc2ccc(-c3cnc(-c4ccc(NC(=O)C[C@@H]5CCCN5C(=O)Cc5cccc(OC)c5)cc4)o3)cc2)c1. The summed E-state index contributed by atoms with van der Waals surface area (Å²) in [6, 6.07) is 29.3. The van der Waals surface area contributed by atoms with Crippen LogP contribution in [-0.4, -0.2) is 77.8 Å². The normalized spacial score (nSPS) is 16.3. The van der Waals surface area contributed by atoms with Crippen LogP contribution in [0.3, 0.4) is 0 Å². The summed E-state index contributed by atoms with van der Waals surface area (Å²) >= 11 is 0. The van der Waals surface area contributed by atoms with Crippen LogP contribution in [0.1, 0.15) is 49.7 Å². The first-order valence-electron chi connectivity index (χ1n) is 19.4. The van der Waals surface area contributed by atoms with E-state index in [1.165, 1.54) is 0 Å². The van der Waals surface area contributed by atoms with Gasteiger partial charge in [-0.2, -0.15) is 0 Å². The molecule has 12 nitrogen and oxygen atoms in total. The fourth-order valence-electron chi connectivity index (χ4n) is 7.68. The van der Waals surface area contributed by atoms with Gasteiger partial charge in [0, 0.05) is 60.5 Å². The second-order valence-corrected chi connectivity index (χ2v) is 14.5. The number of nitrogens with zero attached hydrogens (tertiary/aromatic N) is 3. The van der Waals surface area contributed by atoms with Gasteiger partial charge < -0.3 is 34.3 Å². The van der Waals surface area contributed by atoms with E-state index in [0.717, 1.165) is 47.9 Å². The van der Waals surface area contributed by atoms with E-state index in [1.54, 1.807) is 32.5 Å². The summed E-state index contributed by atoms with van der Waals surface area (Å²) in [5.74, 6) is 2.14. The number of likely N-dealkylation sites (tertiary alicyclic amines) is 2. The van der Waals surface area contributed by atoms with Crippen LogP contribution in [0.4, 0.5) is 11.4 Å². The molecule has 57 heavy (non-hydrogen) atoms. The van der Waals surface area contributed by atoms with Gasteiger partial charge in [-0.25, -0.2) is 4.98 Å². The highest BCUT2D eigenvalue weighted by Crippen LogP contribution is 2.29. The van der Waals surface area contributed by atoms with Crippen molar-refractivity contribution in [2.45, 2.75) is 63.5 Å². The minimum atomic E-state index is -0.150. The molecule has 0 radical (unpaired) electrons. The average molecular weight is 770 g/mol. The molecule has 2 aliphatic rings. The lowest BCUT2D eigenvalue weighted by molar-refractivity contribution is -0.133. The molecule has 0 saturated carbocycles. The molecule has 5 aromatic rings. The Morgan fingerprint density at radius 2 is 1.14 bits per heavy atom. The average Bonchev–Trinajstić information content (AvgIpc) is 4.01. The van der Waals surface area contributed by atoms with Crippen molar-refractivity contribution in [1.29, 1.82) is 0 Å². The van der Waals surface area contributed by atoms with Crippen molar-refractivity contribution in [2.75, 3.05) is 37.9 Å². The summed E-state index contributed by atoms with van der Waals surface area (Å²) in [6.07, 6.45) is 5.95. The summed E-state index contributed by atoms with van der Waals surface area (Å²) in [5, 5.41) is 5.94. The molecule has 4 aromatic carbocycles. The summed E-state index contributed by atoms with van der Waals surface area (Å²) in [5.41, 5.74) is 4.59. The number of ether oxygens (including phenoxy) is 2. The number of nitrogens with one attached hydrogen (secondary N) is 2. The van der Waals surface area contributed by atoms with Crippen molar-refractivity contribution in [3.8, 4) is 34.3 Å². The number of hydrogen-bond donors (Lipinski definition) is 2. The first kappa shape index (κ1) is 38.8. The fourth-order valence-corrected chi connectivity index (χ4v) is 7.68. The van der Waals surface area contributed by atoms with Gasteiger partial charge in [0.2, 0.25) is 29.5 Å². The maximum Gasteiger partial charge on any atom is 0.227 e. The van der Waals surface area contributed by atoms with Crippen molar-refractivity contribution in [3.05, 3.63) is 114 Å². The van der Waals surface area contributed by atoms with Gasteiger partial charge in [0.05, 0.1) is 33.3 Å². The zero-order chi connectivity index (χ0) is 39.7. The summed E-state index contributed by atoms with van der Waals surface area (Å²) < 4.78 is 16.7. The Kier molecular flexibility index (Phi) is 12.3. The van der Waals surface area contributed by atoms with E-state index in [-0.39, 0.29) is 61.4 Å². The van der Waals surface area contributed by atoms with Gasteiger partial charge in [0.25, 0.3) is 0 Å². The Hall–Kier alpha value is -6.43. The van der Waals surface area contributed by atoms with Crippen LogP contribution in [0.15, 0.2) is 108 Å². The Morgan fingerprint density at radius 3 is 1.61 bits per heavy atom. The maximum atomic E-state index is 13.1. The number of rotatable bonds is 14. The molecule has 0 bridgehead atoms. The van der Waals surface area contributed by atoms with Gasteiger partial charge in [0.1, 0.15) is 11.5 Å². The predicted molar refractivity (Wildman–Crippen MR) is 217 cm³/mol. The van der Waals surface area contributed by atoms with Crippen molar-refractivity contribution in [3.63, 3.8) is 0 Å². The van der Waals surface area contributed by atoms with Crippen LogP contribution >= 0.6 is 0 Å². The Labute approximate surface area is 332 Å². The number of carbonyl (C=O) groups excluding carboxylic acids is 4. The van der Waals surface area contributed by atoms with Gasteiger partial charge in [-0.1, -0.05) is 24.3 Å². The van der Waals surface area contributed by atoms with Crippen LogP contribution in [0, 0.1) is 0 Å². The molecule has 294 valence electrons. The summed E-state index contributed by atoms with van der Waals surface area (Å²) in [7, 11) is 3.20. The van der Waals surface area contributed by atoms with E-state index in [0.29, 0.717) is 47.6 Å². The second kappa shape index (κ2) is 18.0. The van der Waals surface area contributed by atoms with Crippen LogP contribution in [0.2, 0.25) is 0 Å². The number of oxazole rings is 1. The first-order chi connectivity index (χ1) is 27.7. The van der Waals surface area contributed by atoms with Gasteiger partial charge in [-0.05, 0) is 110 Å². The van der Waals surface area contributed by atoms with E-state index in [4.69, 9.17) is 13.9 Å². The zero-order valence-electron chi connectivity index (χ0n) is 32.2. The molecule has 7 rings (SSSR count). The lowest BCUT2D eigenvalue weighted by Gasteiger charge is -2.24. The summed E-state index contributed by atoms with van der Waals surface area (Å²) in [6.45, 7) is 1.29. The smallest absolute Gasteiger partial charge is 0.227 e. The molecule has 12 heteroatoms. The molecule has 2 saturated heterocycles. The monoisotopic (exact) mass is 769 g/mol. The molecular weight excluding hydrogens is 723 g/mol. The molecule has 2 fully saturated rings. The number of carbonyl (C=O) groups is 4. The third kappa shape index (κ3) is 9.88. The third-order valence-corrected chi connectivity index (χ3v) is 10.6. The van der Waals surface area contributed by atoms with Crippen LogP contribution in [0.5, 0.6) is 11.5 Å². The molecule has 2 aliphatic heterocycles. The van der Waals surface area contributed by atoms with E-state index in [9.17, 15) is 19.2 Å². The zero-order valence-corrected chi connectivity index (χ0v) is 32.2. The number of aromatic nitrogens is 1. The van der Waals surface area contributed by atoms with E-state index in [2.05, 4.69) is 15.6 Å². The summed E-state index contributed by atoms with van der Waals surface area (Å²) in [4.78, 5) is 60.4. The number of benzene rings is 4. The molecule has 0 aliphatic carbocycles. The highest BCUT2D eigenvalue weighted by Gasteiger charge is 2.31. The van der Waals surface area contributed by atoms with Gasteiger partial charge in [0.15, 0.2) is 5.76 Å². The number of anilines is 2. The molecule has 3 heterocycles. The van der Waals surface area contributed by atoms with Gasteiger partial charge in [-0.3, -0.25) is 19.2 Å². The fraction of sp³-hybridized carbons (Fsp3) is 0.311. The quantitative estimate of drug-likeness (QED) is 0.121. The maximum absolute atomic E-state index is 13.1. The lowest BCUT2D eigenvalue weighted by Crippen LogP contribution is -2.38. The van der Waals surface area contributed by atoms with E-state index >= 15 is 0 Å². The van der Waals surface area contributed by atoms with E-state index in [1.807, 2.05) is 94.7 Å². The van der Waals surface area contributed by atoms with Gasteiger partial charge >= 0.3 is 0 Å². The molecule has 2 N–H and O–H groups in total. The predicted octanol–water partition coefficient (Wildman–Crippen LogP) is 7.15. The number of hydrogen-bond acceptors (Lipinski definition) is 8. The minimum absolute atomic E-state index is 0.00899. The third-order valence-electron chi connectivity index (χ3n) is 10.6. The highest BCUT2D eigenvalue weighted by atomic mass is 16.5. The molecule has 0 unspecified atom stereocenters. The van der Waals surface area contributed by atoms with Crippen molar-refractivity contribution >= 4 is 35.0 Å². The van der Waals surface area contributed by atoms with Gasteiger partial charge in [-0.15, -0.1) is 0 Å². The molecule has 4 amide bonds. The van der Waals surface area contributed by atoms with Crippen molar-refractivity contribution < 1.29 is 33.1 Å². The molecule has 1 aromatic heterocycles. The minimum Gasteiger partial charge on any atom is -0.497 e. The van der Waals surface area contributed by atoms with Crippen LogP contribution in [-0.2, 0) is 32.0 Å². The molecule has 0 spiro atoms. The second-order valence-electron chi connectivity index (χ2n) is 14.5. The number of methoxy groups -OCH3 is 2. The number of amides is 4. The largest absolute Gasteiger partial charge is 0.497 e. The Morgan fingerprint density at radius 1 is 0.667 bits per heavy atom. The van der Waals surface area contributed by atoms with Crippen LogP contribution < -0.4 is 20.1 Å². The lowest BCUT2D eigenvalue weighted by atomic mass is 10.1. The highest BCUT2D eigenvalue weighted by molar-refractivity contribution is 5.93. The van der Waals surface area contributed by atoms with Crippen LogP contribution in [0.25, 0.3) is 22.8 Å². The first-order valence-corrected chi connectivity index (χ1v) is 19.4. The Bertz CT molecular complexity index is 2050. The van der Waals surface area contributed by atoms with Crippen molar-refractivity contribution in [1.82, 2.24) is 14.8 Å². The molecule has 2 atom stereocenters. The molecular formula is C45H47N5O7. The van der Waals surface area contributed by atoms with E-state index < -0.39 is 0 Å². The standard InChI is InChI=1S/C45H47N5O7/c1-55-38-11-3-7-30(23-38)25-43(53)49-21-5-9-36(49)27-41(51)47-34-17-13-32(14-18-34)40-29-46-45(57-40)33-15-19-35(20-16-33)48-42(52)28-37-10-6-22-50(37)44(54)26-31-8-4-12-39(24-31)56-2/h3-4,7-8,11-20,23-24,29,36-37H,5-6,9-10,21-22,25-28H2,1-2H3,(H,47,51)(H,48,52)/t36-,37-/m0/s1.